The van der Waals surface area contributed by atoms with Crippen LogP contribution >= 0.6 is 11.8 Å². The van der Waals surface area contributed by atoms with Gasteiger partial charge in [-0.25, -0.2) is 0 Å². The molecule has 2 unspecified atom stereocenters. The second-order valence-corrected chi connectivity index (χ2v) is 11.0. The van der Waals surface area contributed by atoms with E-state index >= 15 is 0 Å². The summed E-state index contributed by atoms with van der Waals surface area (Å²) in [6, 6.07) is 1.07. The van der Waals surface area contributed by atoms with Crippen molar-refractivity contribution in [2.45, 2.75) is 95.1 Å². The van der Waals surface area contributed by atoms with Crippen LogP contribution in [-0.2, 0) is 0 Å². The predicted molar refractivity (Wildman–Crippen MR) is 96.3 cm³/mol. The van der Waals surface area contributed by atoms with Crippen LogP contribution < -0.4 is 5.32 Å². The average molecular weight is 326 g/mol. The summed E-state index contributed by atoms with van der Waals surface area (Å²) < 4.78 is 0.339. The Morgan fingerprint density at radius 1 is 1.18 bits per heavy atom. The molecule has 3 heteroatoms. The lowest BCUT2D eigenvalue weighted by Crippen LogP contribution is -2.62. The molecular weight excluding hydrogens is 290 g/mol. The van der Waals surface area contributed by atoms with E-state index in [-0.39, 0.29) is 5.60 Å². The molecule has 0 aromatic carbocycles. The molecule has 2 N–H and O–H groups in total. The SMILES string of the molecule is CSC(C)(C)C[C@H](C)N[C@H](C)C12C[C@@H]3C[C@@H](CC(O)(C3)C1)C2. The molecule has 0 aliphatic heterocycles. The highest BCUT2D eigenvalue weighted by molar-refractivity contribution is 7.99. The molecule has 4 aliphatic rings. The third-order valence-electron chi connectivity index (χ3n) is 6.88. The van der Waals surface area contributed by atoms with Crippen molar-refractivity contribution < 1.29 is 5.11 Å². The highest BCUT2D eigenvalue weighted by Gasteiger charge is 2.58. The third-order valence-corrected chi connectivity index (χ3v) is 8.15. The molecule has 0 aromatic heterocycles. The number of thioether (sulfide) groups is 1. The lowest BCUT2D eigenvalue weighted by atomic mass is 9.46. The summed E-state index contributed by atoms with van der Waals surface area (Å²) in [6.45, 7) is 9.41. The first kappa shape index (κ1) is 17.1. The first-order valence-electron chi connectivity index (χ1n) is 9.19. The zero-order valence-electron chi connectivity index (χ0n) is 15.1. The number of hydrogen-bond donors (Lipinski definition) is 2. The lowest BCUT2D eigenvalue weighted by Gasteiger charge is -2.62. The van der Waals surface area contributed by atoms with Crippen LogP contribution in [0.25, 0.3) is 0 Å². The molecular formula is C19H35NOS. The summed E-state index contributed by atoms with van der Waals surface area (Å²) in [6.07, 6.45) is 10.7. The van der Waals surface area contributed by atoms with Crippen molar-refractivity contribution in [1.29, 1.82) is 0 Å². The van der Waals surface area contributed by atoms with Gasteiger partial charge in [0.2, 0.25) is 0 Å². The van der Waals surface area contributed by atoms with Gasteiger partial charge in [-0.3, -0.25) is 0 Å². The highest BCUT2D eigenvalue weighted by Crippen LogP contribution is 2.62. The molecule has 0 amide bonds. The molecule has 4 rings (SSSR count). The van der Waals surface area contributed by atoms with Gasteiger partial charge in [0.25, 0.3) is 0 Å². The second kappa shape index (κ2) is 5.67. The monoisotopic (exact) mass is 325 g/mol. The summed E-state index contributed by atoms with van der Waals surface area (Å²) in [4.78, 5) is 0. The standard InChI is InChI=1S/C19H35NOS/c1-13(7-17(3,4)22-5)20-14(2)18-8-15-6-16(9-18)11-19(21,10-15)12-18/h13-16,20-21H,6-12H2,1-5H3/t13-,14+,15-,16+,18?,19?/m0/s1. The Kier molecular flexibility index (Phi) is 4.41. The first-order valence-corrected chi connectivity index (χ1v) is 10.4. The van der Waals surface area contributed by atoms with E-state index in [1.54, 1.807) is 0 Å². The molecule has 0 spiro atoms. The fourth-order valence-corrected chi connectivity index (χ4v) is 6.69. The second-order valence-electron chi connectivity index (χ2n) is 9.51. The van der Waals surface area contributed by atoms with Crippen molar-refractivity contribution in [1.82, 2.24) is 5.32 Å². The normalized spacial score (nSPS) is 43.4. The van der Waals surface area contributed by atoms with Gasteiger partial charge in [0.05, 0.1) is 5.60 Å². The Bertz CT molecular complexity index is 408. The minimum Gasteiger partial charge on any atom is -0.390 e. The van der Waals surface area contributed by atoms with Crippen molar-refractivity contribution in [2.75, 3.05) is 6.26 Å². The van der Waals surface area contributed by atoms with E-state index in [9.17, 15) is 5.11 Å². The summed E-state index contributed by atoms with van der Waals surface area (Å²) >= 11 is 1.96. The van der Waals surface area contributed by atoms with E-state index in [0.29, 0.717) is 22.2 Å². The van der Waals surface area contributed by atoms with Gasteiger partial charge in [0.15, 0.2) is 0 Å². The molecule has 0 saturated heterocycles. The van der Waals surface area contributed by atoms with Gasteiger partial charge in [0, 0.05) is 16.8 Å². The molecule has 4 saturated carbocycles. The van der Waals surface area contributed by atoms with Crippen molar-refractivity contribution in [3.05, 3.63) is 0 Å². The van der Waals surface area contributed by atoms with Crippen molar-refractivity contribution in [2.24, 2.45) is 17.3 Å². The quantitative estimate of drug-likeness (QED) is 0.767. The van der Waals surface area contributed by atoms with Crippen LogP contribution in [0.2, 0.25) is 0 Å². The topological polar surface area (TPSA) is 32.3 Å². The maximum absolute atomic E-state index is 10.9. The molecule has 128 valence electrons. The Balaban J connectivity index is 1.66. The van der Waals surface area contributed by atoms with Crippen molar-refractivity contribution in [3.8, 4) is 0 Å². The fraction of sp³-hybridized carbons (Fsp3) is 1.00. The third kappa shape index (κ3) is 3.23. The van der Waals surface area contributed by atoms with E-state index < -0.39 is 0 Å². The van der Waals surface area contributed by atoms with Gasteiger partial charge in [-0.2, -0.15) is 11.8 Å². The van der Waals surface area contributed by atoms with Gasteiger partial charge in [-0.05, 0) is 82.3 Å². The van der Waals surface area contributed by atoms with Crippen LogP contribution in [0.5, 0.6) is 0 Å². The molecule has 4 fully saturated rings. The van der Waals surface area contributed by atoms with Crippen LogP contribution in [0.3, 0.4) is 0 Å². The smallest absolute Gasteiger partial charge is 0.0659 e. The van der Waals surface area contributed by atoms with Crippen molar-refractivity contribution >= 4 is 11.8 Å². The van der Waals surface area contributed by atoms with Crippen molar-refractivity contribution in [3.63, 3.8) is 0 Å². The molecule has 0 radical (unpaired) electrons. The molecule has 4 aliphatic carbocycles. The van der Waals surface area contributed by atoms with Gasteiger partial charge < -0.3 is 10.4 Å². The minimum absolute atomic E-state index is 0.332. The average Bonchev–Trinajstić information content (AvgIpc) is 2.34. The number of aliphatic hydroxyl groups is 1. The van der Waals surface area contributed by atoms with Crippen LogP contribution in [0.15, 0.2) is 0 Å². The van der Waals surface area contributed by atoms with E-state index in [4.69, 9.17) is 0 Å². The maximum atomic E-state index is 10.9. The zero-order chi connectivity index (χ0) is 16.2. The van der Waals surface area contributed by atoms with Gasteiger partial charge >= 0.3 is 0 Å². The highest BCUT2D eigenvalue weighted by atomic mass is 32.2. The molecule has 0 heterocycles. The maximum Gasteiger partial charge on any atom is 0.0659 e. The molecule has 2 nitrogen and oxygen atoms in total. The van der Waals surface area contributed by atoms with E-state index in [0.717, 1.165) is 31.1 Å². The Morgan fingerprint density at radius 3 is 2.27 bits per heavy atom. The number of hydrogen-bond acceptors (Lipinski definition) is 3. The number of nitrogens with one attached hydrogen (secondary N) is 1. The van der Waals surface area contributed by atoms with Crippen LogP contribution in [-0.4, -0.2) is 33.8 Å². The zero-order valence-corrected chi connectivity index (χ0v) is 15.9. The summed E-state index contributed by atoms with van der Waals surface area (Å²) in [5, 5.41) is 14.9. The fourth-order valence-electron chi connectivity index (χ4n) is 6.27. The summed E-state index contributed by atoms with van der Waals surface area (Å²) in [5.74, 6) is 1.57. The molecule has 6 atom stereocenters. The lowest BCUT2D eigenvalue weighted by molar-refractivity contribution is -0.172. The van der Waals surface area contributed by atoms with Gasteiger partial charge in [0.1, 0.15) is 0 Å². The Hall–Kier alpha value is 0.270. The Labute approximate surface area is 141 Å². The van der Waals surface area contributed by atoms with E-state index in [1.807, 2.05) is 11.8 Å². The molecule has 4 bridgehead atoms. The molecule has 22 heavy (non-hydrogen) atoms. The van der Waals surface area contributed by atoms with Crippen LogP contribution in [0, 0.1) is 17.3 Å². The van der Waals surface area contributed by atoms with Crippen LogP contribution in [0.1, 0.15) is 72.6 Å². The first-order chi connectivity index (χ1) is 10.2. The van der Waals surface area contributed by atoms with Gasteiger partial charge in [-0.15, -0.1) is 0 Å². The summed E-state index contributed by atoms with van der Waals surface area (Å²) in [5.41, 5.74) is 0.0262. The largest absolute Gasteiger partial charge is 0.390 e. The molecule has 0 aromatic rings. The van der Waals surface area contributed by atoms with Crippen LogP contribution in [0.4, 0.5) is 0 Å². The van der Waals surface area contributed by atoms with E-state index in [1.165, 1.54) is 25.7 Å². The minimum atomic E-state index is -0.332. The Morgan fingerprint density at radius 2 is 1.77 bits per heavy atom. The van der Waals surface area contributed by atoms with E-state index in [2.05, 4.69) is 39.3 Å². The summed E-state index contributed by atoms with van der Waals surface area (Å²) in [7, 11) is 0. The predicted octanol–water partition coefficient (Wildman–Crippen LogP) is 4.22. The number of rotatable bonds is 6. The van der Waals surface area contributed by atoms with Gasteiger partial charge in [-0.1, -0.05) is 13.8 Å².